The molecule has 1 unspecified atom stereocenters. The molecule has 1 aliphatic heterocycles. The van der Waals surface area contributed by atoms with Gasteiger partial charge in [-0.05, 0) is 6.42 Å². The highest BCUT2D eigenvalue weighted by Gasteiger charge is 2.51. The molecule has 0 bridgehead atoms. The highest BCUT2D eigenvalue weighted by molar-refractivity contribution is 6.03. The predicted octanol–water partition coefficient (Wildman–Crippen LogP) is 0.660. The van der Waals surface area contributed by atoms with Crippen LogP contribution in [0, 0.1) is 0 Å². The van der Waals surface area contributed by atoms with Crippen molar-refractivity contribution in [2.45, 2.75) is 31.4 Å². The van der Waals surface area contributed by atoms with Gasteiger partial charge in [0.15, 0.2) is 0 Å². The molecule has 2 N–H and O–H groups in total. The van der Waals surface area contributed by atoms with Crippen LogP contribution < -0.4 is 5.73 Å². The maximum Gasteiger partial charge on any atom is 0.350 e. The molecule has 0 aromatic carbocycles. The number of ether oxygens (including phenoxy) is 4. The van der Waals surface area contributed by atoms with Gasteiger partial charge >= 0.3 is 11.9 Å². The van der Waals surface area contributed by atoms with Crippen molar-refractivity contribution in [1.29, 1.82) is 0 Å². The van der Waals surface area contributed by atoms with E-state index in [2.05, 4.69) is 18.1 Å². The summed E-state index contributed by atoms with van der Waals surface area (Å²) in [6.07, 6.45) is 3.38. The molecule has 1 saturated heterocycles. The van der Waals surface area contributed by atoms with Crippen LogP contribution in [0.5, 0.6) is 0 Å². The molecule has 0 aliphatic carbocycles. The SMILES string of the molecule is C=CCOC(=O)C(CC(N)CC)(OCCN1CCOCC1)C(=O)OCC=C. The van der Waals surface area contributed by atoms with Gasteiger partial charge in [0.25, 0.3) is 5.60 Å². The molecule has 0 aromatic heterocycles. The topological polar surface area (TPSA) is 100 Å². The number of nitrogens with two attached hydrogens (primary N) is 1. The van der Waals surface area contributed by atoms with Crippen LogP contribution in [0.2, 0.25) is 0 Å². The van der Waals surface area contributed by atoms with Crippen molar-refractivity contribution in [2.75, 3.05) is 52.7 Å². The highest BCUT2D eigenvalue weighted by Crippen LogP contribution is 2.24. The quantitative estimate of drug-likeness (QED) is 0.281. The summed E-state index contributed by atoms with van der Waals surface area (Å²) in [6, 6.07) is -0.430. The van der Waals surface area contributed by atoms with E-state index in [-0.39, 0.29) is 26.2 Å². The summed E-state index contributed by atoms with van der Waals surface area (Å²) in [5.74, 6) is -1.63. The van der Waals surface area contributed by atoms with Crippen LogP contribution in [0.25, 0.3) is 0 Å². The molecular formula is C19H32N2O6. The predicted molar refractivity (Wildman–Crippen MR) is 101 cm³/mol. The minimum atomic E-state index is -1.91. The first kappa shape index (κ1) is 23.3. The lowest BCUT2D eigenvalue weighted by atomic mass is 9.93. The minimum Gasteiger partial charge on any atom is -0.459 e. The minimum absolute atomic E-state index is 0.0292. The molecule has 1 atom stereocenters. The molecule has 8 heteroatoms. The van der Waals surface area contributed by atoms with Gasteiger partial charge in [0.1, 0.15) is 13.2 Å². The second kappa shape index (κ2) is 12.6. The van der Waals surface area contributed by atoms with E-state index in [0.717, 1.165) is 13.1 Å². The number of hydrogen-bond acceptors (Lipinski definition) is 8. The standard InChI is InChI=1S/C19H32N2O6/c1-4-10-25-17(22)19(15-16(20)6-3,18(23)26-11-5-2)27-14-9-21-7-12-24-13-8-21/h4-5,16H,1-2,6-15,20H2,3H3. The molecule has 1 heterocycles. The third-order valence-corrected chi connectivity index (χ3v) is 4.26. The van der Waals surface area contributed by atoms with Gasteiger partial charge in [0.2, 0.25) is 0 Å². The van der Waals surface area contributed by atoms with Crippen LogP contribution >= 0.6 is 0 Å². The fourth-order valence-electron chi connectivity index (χ4n) is 2.62. The van der Waals surface area contributed by atoms with E-state index in [1.54, 1.807) is 0 Å². The molecular weight excluding hydrogens is 352 g/mol. The van der Waals surface area contributed by atoms with Crippen molar-refractivity contribution in [3.8, 4) is 0 Å². The maximum absolute atomic E-state index is 12.8. The van der Waals surface area contributed by atoms with E-state index in [1.807, 2.05) is 6.92 Å². The molecule has 0 saturated carbocycles. The van der Waals surface area contributed by atoms with Gasteiger partial charge in [-0.2, -0.15) is 0 Å². The molecule has 27 heavy (non-hydrogen) atoms. The number of carbonyl (C=O) groups excluding carboxylic acids is 2. The zero-order valence-corrected chi connectivity index (χ0v) is 16.2. The van der Waals surface area contributed by atoms with Gasteiger partial charge in [-0.15, -0.1) is 0 Å². The number of morpholine rings is 1. The highest BCUT2D eigenvalue weighted by atomic mass is 16.6. The average Bonchev–Trinajstić information content (AvgIpc) is 2.69. The van der Waals surface area contributed by atoms with Gasteiger partial charge in [-0.3, -0.25) is 4.90 Å². The molecule has 0 amide bonds. The van der Waals surface area contributed by atoms with Crippen molar-refractivity contribution < 1.29 is 28.5 Å². The van der Waals surface area contributed by atoms with E-state index in [9.17, 15) is 9.59 Å². The van der Waals surface area contributed by atoms with Gasteiger partial charge in [0, 0.05) is 32.1 Å². The van der Waals surface area contributed by atoms with Gasteiger partial charge in [-0.1, -0.05) is 32.2 Å². The second-order valence-electron chi connectivity index (χ2n) is 6.28. The number of hydrogen-bond donors (Lipinski definition) is 1. The van der Waals surface area contributed by atoms with Gasteiger partial charge < -0.3 is 24.7 Å². The zero-order valence-electron chi connectivity index (χ0n) is 16.2. The smallest absolute Gasteiger partial charge is 0.350 e. The zero-order chi connectivity index (χ0) is 20.1. The van der Waals surface area contributed by atoms with Gasteiger partial charge in [-0.25, -0.2) is 9.59 Å². The van der Waals surface area contributed by atoms with Crippen molar-refractivity contribution in [3.05, 3.63) is 25.3 Å². The lowest BCUT2D eigenvalue weighted by Gasteiger charge is -2.33. The van der Waals surface area contributed by atoms with Crippen molar-refractivity contribution in [1.82, 2.24) is 4.90 Å². The van der Waals surface area contributed by atoms with Crippen LogP contribution in [-0.4, -0.2) is 81.2 Å². The second-order valence-corrected chi connectivity index (χ2v) is 6.28. The summed E-state index contributed by atoms with van der Waals surface area (Å²) in [4.78, 5) is 27.6. The van der Waals surface area contributed by atoms with Crippen LogP contribution in [-0.2, 0) is 28.5 Å². The lowest BCUT2D eigenvalue weighted by molar-refractivity contribution is -0.192. The lowest BCUT2D eigenvalue weighted by Crippen LogP contribution is -2.55. The first-order valence-electron chi connectivity index (χ1n) is 9.26. The first-order valence-corrected chi connectivity index (χ1v) is 9.26. The average molecular weight is 384 g/mol. The van der Waals surface area contributed by atoms with Crippen LogP contribution in [0.15, 0.2) is 25.3 Å². The molecule has 154 valence electrons. The number of esters is 2. The molecule has 1 rings (SSSR count). The maximum atomic E-state index is 12.8. The molecule has 0 aromatic rings. The van der Waals surface area contributed by atoms with Crippen molar-refractivity contribution in [2.24, 2.45) is 5.73 Å². The Hall–Kier alpha value is -1.74. The Labute approximate surface area is 161 Å². The third kappa shape index (κ3) is 7.42. The van der Waals surface area contributed by atoms with E-state index < -0.39 is 23.6 Å². The summed E-state index contributed by atoms with van der Waals surface area (Å²) in [5.41, 5.74) is 4.13. The Bertz CT molecular complexity index is 467. The van der Waals surface area contributed by atoms with Crippen LogP contribution in [0.4, 0.5) is 0 Å². The number of nitrogens with zero attached hydrogens (tertiary/aromatic N) is 1. The summed E-state index contributed by atoms with van der Waals surface area (Å²) in [5, 5.41) is 0. The molecule has 1 aliphatic rings. The monoisotopic (exact) mass is 384 g/mol. The summed E-state index contributed by atoms with van der Waals surface area (Å²) in [7, 11) is 0. The molecule has 0 radical (unpaired) electrons. The van der Waals surface area contributed by atoms with Crippen LogP contribution in [0.3, 0.4) is 0 Å². The van der Waals surface area contributed by atoms with Crippen LogP contribution in [0.1, 0.15) is 19.8 Å². The van der Waals surface area contributed by atoms with Crippen molar-refractivity contribution in [3.63, 3.8) is 0 Å². The fraction of sp³-hybridized carbons (Fsp3) is 0.684. The Morgan fingerprint density at radius 2 is 1.74 bits per heavy atom. The van der Waals surface area contributed by atoms with E-state index in [1.165, 1.54) is 12.2 Å². The Kier molecular flexibility index (Phi) is 10.9. The van der Waals surface area contributed by atoms with Gasteiger partial charge in [0.05, 0.1) is 19.8 Å². The molecule has 0 spiro atoms. The van der Waals surface area contributed by atoms with E-state index >= 15 is 0 Å². The number of carbonyl (C=O) groups is 2. The normalized spacial score (nSPS) is 16.4. The molecule has 1 fully saturated rings. The Morgan fingerprint density at radius 3 is 2.22 bits per heavy atom. The fourth-order valence-corrected chi connectivity index (χ4v) is 2.62. The van der Waals surface area contributed by atoms with E-state index in [4.69, 9.17) is 24.7 Å². The largest absolute Gasteiger partial charge is 0.459 e. The van der Waals surface area contributed by atoms with Crippen molar-refractivity contribution >= 4 is 11.9 Å². The summed E-state index contributed by atoms with van der Waals surface area (Å²) < 4.78 is 21.5. The summed E-state index contributed by atoms with van der Waals surface area (Å²) in [6.45, 7) is 12.4. The Morgan fingerprint density at radius 1 is 1.19 bits per heavy atom. The Balaban J connectivity index is 2.94. The summed E-state index contributed by atoms with van der Waals surface area (Å²) >= 11 is 0. The first-order chi connectivity index (χ1) is 13.0. The molecule has 8 nitrogen and oxygen atoms in total. The number of rotatable bonds is 13. The van der Waals surface area contributed by atoms with E-state index in [0.29, 0.717) is 26.2 Å². The third-order valence-electron chi connectivity index (χ3n) is 4.26.